The maximum Gasteiger partial charge on any atom is 0.344 e. The van der Waals surface area contributed by atoms with Crippen molar-refractivity contribution >= 4 is 11.8 Å². The lowest BCUT2D eigenvalue weighted by molar-refractivity contribution is 0.638. The minimum Gasteiger partial charge on any atom is -0.302 e. The van der Waals surface area contributed by atoms with Gasteiger partial charge in [-0.25, -0.2) is 9.89 Å². The van der Waals surface area contributed by atoms with Gasteiger partial charge in [0.25, 0.3) is 0 Å². The fourth-order valence-electron chi connectivity index (χ4n) is 1.59. The van der Waals surface area contributed by atoms with Gasteiger partial charge in [0, 0.05) is 11.8 Å². The molecule has 1 atom stereocenters. The number of H-pyrrole nitrogens is 1. The van der Waals surface area contributed by atoms with Gasteiger partial charge in [0.05, 0.1) is 6.07 Å². The molecule has 0 saturated heterocycles. The number of hydrogen-bond acceptors (Lipinski definition) is 5. The van der Waals surface area contributed by atoms with E-state index in [0.29, 0.717) is 17.0 Å². The summed E-state index contributed by atoms with van der Waals surface area (Å²) < 4.78 is 1.70. The molecule has 1 unspecified atom stereocenters. The van der Waals surface area contributed by atoms with Gasteiger partial charge in [0.2, 0.25) is 0 Å². The summed E-state index contributed by atoms with van der Waals surface area (Å²) in [7, 11) is 0. The Morgan fingerprint density at radius 3 is 3.12 bits per heavy atom. The van der Waals surface area contributed by atoms with Gasteiger partial charge in [-0.15, -0.1) is 5.10 Å². The SMILES string of the molecule is CCNC(C#N)CSc1n[nH]c(=O)n1C1CC1. The van der Waals surface area contributed by atoms with E-state index in [1.807, 2.05) is 6.92 Å². The lowest BCUT2D eigenvalue weighted by Gasteiger charge is -2.08. The van der Waals surface area contributed by atoms with Crippen LogP contribution in [0, 0.1) is 11.3 Å². The lowest BCUT2D eigenvalue weighted by Crippen LogP contribution is -2.29. The van der Waals surface area contributed by atoms with Gasteiger partial charge in [0.1, 0.15) is 6.04 Å². The molecule has 0 radical (unpaired) electrons. The van der Waals surface area contributed by atoms with Crippen molar-refractivity contribution in [3.63, 3.8) is 0 Å². The van der Waals surface area contributed by atoms with Crippen LogP contribution in [0.3, 0.4) is 0 Å². The Labute approximate surface area is 103 Å². The summed E-state index contributed by atoms with van der Waals surface area (Å²) in [5.41, 5.74) is -0.146. The van der Waals surface area contributed by atoms with Crippen LogP contribution in [0.4, 0.5) is 0 Å². The first-order valence-corrected chi connectivity index (χ1v) is 6.67. The fourth-order valence-corrected chi connectivity index (χ4v) is 2.58. The Morgan fingerprint density at radius 2 is 2.53 bits per heavy atom. The first kappa shape index (κ1) is 12.2. The largest absolute Gasteiger partial charge is 0.344 e. The van der Waals surface area contributed by atoms with Crippen LogP contribution in [0.25, 0.3) is 0 Å². The summed E-state index contributed by atoms with van der Waals surface area (Å²) in [5, 5.41) is 19.1. The lowest BCUT2D eigenvalue weighted by atomic mass is 10.4. The topological polar surface area (TPSA) is 86.5 Å². The molecule has 1 saturated carbocycles. The molecule has 1 aliphatic rings. The van der Waals surface area contributed by atoms with E-state index < -0.39 is 0 Å². The molecule has 1 aromatic heterocycles. The van der Waals surface area contributed by atoms with E-state index in [-0.39, 0.29) is 11.7 Å². The second kappa shape index (κ2) is 5.38. The molecule has 0 amide bonds. The second-order valence-electron chi connectivity index (χ2n) is 3.96. The molecule has 1 aromatic rings. The highest BCUT2D eigenvalue weighted by Crippen LogP contribution is 2.36. The molecule has 0 aliphatic heterocycles. The van der Waals surface area contributed by atoms with Crippen LogP contribution >= 0.6 is 11.8 Å². The van der Waals surface area contributed by atoms with E-state index >= 15 is 0 Å². The van der Waals surface area contributed by atoms with Crippen LogP contribution in [0.5, 0.6) is 0 Å². The van der Waals surface area contributed by atoms with E-state index in [2.05, 4.69) is 21.6 Å². The van der Waals surface area contributed by atoms with Gasteiger partial charge >= 0.3 is 5.69 Å². The fraction of sp³-hybridized carbons (Fsp3) is 0.700. The zero-order valence-electron chi connectivity index (χ0n) is 9.64. The summed E-state index contributed by atoms with van der Waals surface area (Å²) in [5.74, 6) is 0.599. The highest BCUT2D eigenvalue weighted by molar-refractivity contribution is 7.99. The van der Waals surface area contributed by atoms with Crippen molar-refractivity contribution in [2.75, 3.05) is 12.3 Å². The Kier molecular flexibility index (Phi) is 3.86. The van der Waals surface area contributed by atoms with E-state index in [4.69, 9.17) is 5.26 Å². The highest BCUT2D eigenvalue weighted by atomic mass is 32.2. The molecule has 17 heavy (non-hydrogen) atoms. The van der Waals surface area contributed by atoms with Crippen molar-refractivity contribution in [3.05, 3.63) is 10.5 Å². The molecule has 0 spiro atoms. The van der Waals surface area contributed by atoms with E-state index in [1.165, 1.54) is 11.8 Å². The zero-order chi connectivity index (χ0) is 12.3. The number of hydrogen-bond donors (Lipinski definition) is 2. The highest BCUT2D eigenvalue weighted by Gasteiger charge is 2.28. The van der Waals surface area contributed by atoms with Crippen LogP contribution in [-0.2, 0) is 0 Å². The third-order valence-corrected chi connectivity index (χ3v) is 3.62. The Hall–Kier alpha value is -1.26. The zero-order valence-corrected chi connectivity index (χ0v) is 10.5. The first-order chi connectivity index (χ1) is 8.26. The molecule has 0 bridgehead atoms. The average Bonchev–Trinajstić information content (AvgIpc) is 3.09. The molecular weight excluding hydrogens is 238 g/mol. The minimum absolute atomic E-state index is 0.146. The third-order valence-electron chi connectivity index (χ3n) is 2.57. The molecule has 1 aliphatic carbocycles. The predicted molar refractivity (Wildman–Crippen MR) is 64.9 cm³/mol. The second-order valence-corrected chi connectivity index (χ2v) is 4.95. The number of aromatic amines is 1. The standard InChI is InChI=1S/C10H15N5OS/c1-2-12-7(5-11)6-17-10-14-13-9(16)15(10)8-3-4-8/h7-8,12H,2-4,6H2,1H3,(H,13,16). The van der Waals surface area contributed by atoms with Crippen molar-refractivity contribution < 1.29 is 0 Å². The molecular formula is C10H15N5OS. The minimum atomic E-state index is -0.204. The van der Waals surface area contributed by atoms with Crippen LogP contribution in [-0.4, -0.2) is 33.1 Å². The maximum atomic E-state index is 11.5. The van der Waals surface area contributed by atoms with Crippen molar-refractivity contribution in [1.29, 1.82) is 5.26 Å². The van der Waals surface area contributed by atoms with E-state index in [9.17, 15) is 4.79 Å². The van der Waals surface area contributed by atoms with Gasteiger partial charge in [-0.3, -0.25) is 4.57 Å². The average molecular weight is 253 g/mol. The predicted octanol–water partition coefficient (Wildman–Crippen LogP) is 0.500. The number of aromatic nitrogens is 3. The molecule has 92 valence electrons. The molecule has 2 N–H and O–H groups in total. The first-order valence-electron chi connectivity index (χ1n) is 5.69. The summed E-state index contributed by atoms with van der Waals surface area (Å²) in [6.45, 7) is 2.72. The Balaban J connectivity index is 1.99. The molecule has 7 heteroatoms. The normalized spacial score (nSPS) is 16.7. The number of nitrogens with zero attached hydrogens (tertiary/aromatic N) is 3. The quantitative estimate of drug-likeness (QED) is 0.721. The van der Waals surface area contributed by atoms with Crippen molar-refractivity contribution in [2.24, 2.45) is 0 Å². The summed E-state index contributed by atoms with van der Waals surface area (Å²) in [6, 6.07) is 2.29. The Bertz CT molecular complexity index is 470. The van der Waals surface area contributed by atoms with Gasteiger partial charge in [-0.05, 0) is 19.4 Å². The number of nitrogens with one attached hydrogen (secondary N) is 2. The Morgan fingerprint density at radius 1 is 1.76 bits per heavy atom. The van der Waals surface area contributed by atoms with Crippen molar-refractivity contribution in [2.45, 2.75) is 37.0 Å². The van der Waals surface area contributed by atoms with Gasteiger partial charge in [-0.1, -0.05) is 18.7 Å². The van der Waals surface area contributed by atoms with E-state index in [1.54, 1.807) is 4.57 Å². The summed E-state index contributed by atoms with van der Waals surface area (Å²) >= 11 is 1.44. The van der Waals surface area contributed by atoms with Crippen LogP contribution in [0.15, 0.2) is 9.95 Å². The smallest absolute Gasteiger partial charge is 0.302 e. The van der Waals surface area contributed by atoms with Crippen LogP contribution in [0.2, 0.25) is 0 Å². The van der Waals surface area contributed by atoms with Crippen molar-refractivity contribution in [1.82, 2.24) is 20.1 Å². The number of thioether (sulfide) groups is 1. The van der Waals surface area contributed by atoms with Crippen LogP contribution < -0.4 is 11.0 Å². The van der Waals surface area contributed by atoms with E-state index in [0.717, 1.165) is 19.4 Å². The van der Waals surface area contributed by atoms with Gasteiger partial charge < -0.3 is 5.32 Å². The van der Waals surface area contributed by atoms with Gasteiger partial charge in [-0.2, -0.15) is 5.26 Å². The monoisotopic (exact) mass is 253 g/mol. The van der Waals surface area contributed by atoms with Gasteiger partial charge in [0.15, 0.2) is 5.16 Å². The molecule has 2 rings (SSSR count). The number of nitriles is 1. The summed E-state index contributed by atoms with van der Waals surface area (Å²) in [4.78, 5) is 11.5. The van der Waals surface area contributed by atoms with Crippen molar-refractivity contribution in [3.8, 4) is 6.07 Å². The number of rotatable bonds is 6. The molecule has 1 heterocycles. The van der Waals surface area contributed by atoms with Crippen LogP contribution in [0.1, 0.15) is 25.8 Å². The molecule has 0 aromatic carbocycles. The molecule has 6 nitrogen and oxygen atoms in total. The summed E-state index contributed by atoms with van der Waals surface area (Å²) in [6.07, 6.45) is 2.09. The maximum absolute atomic E-state index is 11.5. The third kappa shape index (κ3) is 2.90. The molecule has 1 fully saturated rings.